The molecule has 0 saturated carbocycles. The molecule has 0 aliphatic rings. The van der Waals surface area contributed by atoms with Gasteiger partial charge in [0.2, 0.25) is 0 Å². The topological polar surface area (TPSA) is 129 Å². The van der Waals surface area contributed by atoms with Crippen LogP contribution in [0.5, 0.6) is 0 Å². The van der Waals surface area contributed by atoms with E-state index in [1.54, 1.807) is 19.1 Å². The quantitative estimate of drug-likeness (QED) is 0.455. The number of carbonyl (C=O) groups excluding carboxylic acids is 1. The van der Waals surface area contributed by atoms with E-state index >= 15 is 0 Å². The van der Waals surface area contributed by atoms with Crippen LogP contribution in [0.2, 0.25) is 10.0 Å². The second kappa shape index (κ2) is 8.36. The molecule has 0 radical (unpaired) electrons. The number of nitrogens with zero attached hydrogens (tertiary/aromatic N) is 5. The molecule has 1 amide bonds. The lowest BCUT2D eigenvalue weighted by molar-refractivity contribution is -0.389. The van der Waals surface area contributed by atoms with Crippen LogP contribution in [0.25, 0.3) is 0 Å². The smallest absolute Gasteiger partial charge is 0.358 e. The molecule has 2 aromatic heterocycles. The Morgan fingerprint density at radius 3 is 2.68 bits per heavy atom. The van der Waals surface area contributed by atoms with Gasteiger partial charge in [0.25, 0.3) is 0 Å². The van der Waals surface area contributed by atoms with Crippen LogP contribution in [-0.4, -0.2) is 37.3 Å². The van der Waals surface area contributed by atoms with Crippen molar-refractivity contribution in [1.29, 1.82) is 0 Å². The minimum atomic E-state index is -0.679. The van der Waals surface area contributed by atoms with Crippen LogP contribution in [0.15, 0.2) is 28.8 Å². The second-order valence-corrected chi connectivity index (χ2v) is 6.60. The Hall–Kier alpha value is -2.98. The number of nitrogens with one attached hydrogen (secondary N) is 1. The maximum atomic E-state index is 12.1. The second-order valence-electron chi connectivity index (χ2n) is 5.79. The fourth-order valence-electron chi connectivity index (χ4n) is 2.37. The summed E-state index contributed by atoms with van der Waals surface area (Å²) in [5, 5.41) is 21.6. The molecule has 146 valence electrons. The lowest BCUT2D eigenvalue weighted by Gasteiger charge is -2.02. The average molecular weight is 425 g/mol. The summed E-state index contributed by atoms with van der Waals surface area (Å²) in [6, 6.07) is 7.29. The number of carbonyl (C=O) groups is 1. The molecule has 0 aliphatic carbocycles. The zero-order valence-corrected chi connectivity index (χ0v) is 16.1. The van der Waals surface area contributed by atoms with Crippen LogP contribution in [0, 0.1) is 17.0 Å². The monoisotopic (exact) mass is 424 g/mol. The molecule has 28 heavy (non-hydrogen) atoms. The first-order valence-electron chi connectivity index (χ1n) is 8.07. The van der Waals surface area contributed by atoms with E-state index in [1.165, 1.54) is 4.68 Å². The molecule has 2 heterocycles. The first-order chi connectivity index (χ1) is 13.3. The van der Waals surface area contributed by atoms with E-state index in [-0.39, 0.29) is 23.3 Å². The number of rotatable bonds is 7. The van der Waals surface area contributed by atoms with Crippen molar-refractivity contribution >= 4 is 34.9 Å². The number of benzene rings is 1. The fourth-order valence-corrected chi connectivity index (χ4v) is 2.70. The molecular formula is C16H14Cl2N6O4. The molecule has 10 nitrogen and oxygen atoms in total. The van der Waals surface area contributed by atoms with Crippen molar-refractivity contribution in [2.45, 2.75) is 19.9 Å². The minimum absolute atomic E-state index is 0.0268. The lowest BCUT2D eigenvalue weighted by atomic mass is 10.1. The summed E-state index contributed by atoms with van der Waals surface area (Å²) in [6.45, 7) is 1.92. The van der Waals surface area contributed by atoms with Crippen LogP contribution < -0.4 is 5.32 Å². The molecule has 0 spiro atoms. The van der Waals surface area contributed by atoms with Crippen LogP contribution in [0.3, 0.4) is 0 Å². The maximum Gasteiger partial charge on any atom is 0.408 e. The van der Waals surface area contributed by atoms with Crippen molar-refractivity contribution in [2.75, 3.05) is 6.54 Å². The van der Waals surface area contributed by atoms with Crippen molar-refractivity contribution in [1.82, 2.24) is 25.2 Å². The van der Waals surface area contributed by atoms with Crippen LogP contribution in [0.1, 0.15) is 27.8 Å². The van der Waals surface area contributed by atoms with E-state index in [0.29, 0.717) is 23.7 Å². The van der Waals surface area contributed by atoms with Crippen LogP contribution in [0.4, 0.5) is 5.82 Å². The standard InChI is InChI=1S/C16H14Cl2N6O4/c1-9-13(18)14(24(26)27)21-23(9)8-12-20-16(28-22-12)15(25)19-7-6-10-2-4-11(17)5-3-10/h2-5H,6-8H2,1H3,(H,19,25). The molecular weight excluding hydrogens is 411 g/mol. The molecule has 1 N–H and O–H groups in total. The van der Waals surface area contributed by atoms with Crippen molar-refractivity contribution < 1.29 is 14.2 Å². The predicted molar refractivity (Wildman–Crippen MR) is 99.5 cm³/mol. The van der Waals surface area contributed by atoms with Crippen LogP contribution >= 0.6 is 23.2 Å². The molecule has 3 aromatic rings. The van der Waals surface area contributed by atoms with Gasteiger partial charge in [-0.15, -0.1) is 0 Å². The maximum absolute atomic E-state index is 12.1. The lowest BCUT2D eigenvalue weighted by Crippen LogP contribution is -2.26. The third-order valence-electron chi connectivity index (χ3n) is 3.86. The molecule has 0 unspecified atom stereocenters. The number of hydrogen-bond acceptors (Lipinski definition) is 7. The third kappa shape index (κ3) is 4.46. The van der Waals surface area contributed by atoms with Gasteiger partial charge in [-0.3, -0.25) is 4.79 Å². The van der Waals surface area contributed by atoms with E-state index in [4.69, 9.17) is 27.7 Å². The zero-order valence-electron chi connectivity index (χ0n) is 14.6. The summed E-state index contributed by atoms with van der Waals surface area (Å²) in [5.41, 5.74) is 1.40. The molecule has 0 fully saturated rings. The molecule has 12 heteroatoms. The number of aromatic nitrogens is 4. The van der Waals surface area contributed by atoms with Crippen LogP contribution in [-0.2, 0) is 13.0 Å². The summed E-state index contributed by atoms with van der Waals surface area (Å²) in [7, 11) is 0. The van der Waals surface area contributed by atoms with Crippen molar-refractivity contribution in [2.24, 2.45) is 0 Å². The summed E-state index contributed by atoms with van der Waals surface area (Å²) in [4.78, 5) is 26.3. The summed E-state index contributed by atoms with van der Waals surface area (Å²) >= 11 is 11.7. The molecule has 0 saturated heterocycles. The molecule has 0 atom stereocenters. The number of nitro groups is 1. The van der Waals surface area contributed by atoms with E-state index in [0.717, 1.165) is 5.56 Å². The van der Waals surface area contributed by atoms with Gasteiger partial charge in [-0.1, -0.05) is 40.5 Å². The van der Waals surface area contributed by atoms with Gasteiger partial charge < -0.3 is 20.0 Å². The predicted octanol–water partition coefficient (Wildman–Crippen LogP) is 2.81. The highest BCUT2D eigenvalue weighted by molar-refractivity contribution is 6.33. The normalized spacial score (nSPS) is 10.8. The first kappa shape index (κ1) is 19.8. The molecule has 1 aromatic carbocycles. The van der Waals surface area contributed by atoms with E-state index < -0.39 is 16.6 Å². The molecule has 0 aliphatic heterocycles. The van der Waals surface area contributed by atoms with Gasteiger partial charge in [0.15, 0.2) is 10.8 Å². The average Bonchev–Trinajstić information content (AvgIpc) is 3.24. The highest BCUT2D eigenvalue weighted by Crippen LogP contribution is 2.26. The number of hydrogen-bond donors (Lipinski definition) is 1. The van der Waals surface area contributed by atoms with E-state index in [2.05, 4.69) is 20.6 Å². The fraction of sp³-hybridized carbons (Fsp3) is 0.250. The van der Waals surface area contributed by atoms with Gasteiger partial charge >= 0.3 is 17.6 Å². The SMILES string of the molecule is Cc1c(Cl)c([N+](=O)[O-])nn1Cc1noc(C(=O)NCCc2ccc(Cl)cc2)n1. The molecule has 3 rings (SSSR count). The van der Waals surface area contributed by atoms with Gasteiger partial charge in [-0.2, -0.15) is 9.67 Å². The Kier molecular flexibility index (Phi) is 5.90. The largest absolute Gasteiger partial charge is 0.408 e. The van der Waals surface area contributed by atoms with Gasteiger partial charge in [-0.25, -0.2) is 0 Å². The zero-order chi connectivity index (χ0) is 20.3. The molecule has 0 bridgehead atoms. The Balaban J connectivity index is 1.59. The highest BCUT2D eigenvalue weighted by atomic mass is 35.5. The number of amides is 1. The van der Waals surface area contributed by atoms with Crippen molar-refractivity contribution in [3.63, 3.8) is 0 Å². The van der Waals surface area contributed by atoms with Gasteiger partial charge in [0, 0.05) is 11.6 Å². The summed E-state index contributed by atoms with van der Waals surface area (Å²) in [5.74, 6) is -1.05. The van der Waals surface area contributed by atoms with Crippen molar-refractivity contribution in [3.05, 3.63) is 67.4 Å². The minimum Gasteiger partial charge on any atom is -0.358 e. The van der Waals surface area contributed by atoms with E-state index in [1.807, 2.05) is 12.1 Å². The van der Waals surface area contributed by atoms with Crippen molar-refractivity contribution in [3.8, 4) is 0 Å². The summed E-state index contributed by atoms with van der Waals surface area (Å²) in [6.07, 6.45) is 0.610. The Morgan fingerprint density at radius 1 is 1.32 bits per heavy atom. The first-order valence-corrected chi connectivity index (χ1v) is 8.83. The van der Waals surface area contributed by atoms with E-state index in [9.17, 15) is 14.9 Å². The Labute approximate surface area is 168 Å². The Morgan fingerprint density at radius 2 is 2.04 bits per heavy atom. The van der Waals surface area contributed by atoms with Gasteiger partial charge in [-0.05, 0) is 36.0 Å². The summed E-state index contributed by atoms with van der Waals surface area (Å²) < 4.78 is 6.21. The van der Waals surface area contributed by atoms with Gasteiger partial charge in [0.05, 0.1) is 10.8 Å². The third-order valence-corrected chi connectivity index (χ3v) is 4.55. The number of halogens is 2. The Bertz CT molecular complexity index is 1010. The highest BCUT2D eigenvalue weighted by Gasteiger charge is 2.25. The van der Waals surface area contributed by atoms with Gasteiger partial charge in [0.1, 0.15) is 6.54 Å².